The van der Waals surface area contributed by atoms with Crippen molar-refractivity contribution in [3.63, 3.8) is 0 Å². The predicted octanol–water partition coefficient (Wildman–Crippen LogP) is 2.06. The standard InChI is InChI=1S/C20H18ClN7O2/c1-26-9-22-19-17(26)20(29)28(10-23-19)8-15-24-18(25-30-15)16-13-6-27(7-14(13)16)12-4-2-11(21)3-5-12/h2-5,9-10,13-14,16H,6-8H2,1H3/t13-,14+,16-. The maximum Gasteiger partial charge on any atom is 0.280 e. The smallest absolute Gasteiger partial charge is 0.280 e. The van der Waals surface area contributed by atoms with Gasteiger partial charge in [0.1, 0.15) is 12.9 Å². The van der Waals surface area contributed by atoms with E-state index in [-0.39, 0.29) is 12.1 Å². The van der Waals surface area contributed by atoms with Gasteiger partial charge in [-0.3, -0.25) is 9.36 Å². The van der Waals surface area contributed by atoms with Crippen LogP contribution in [0.3, 0.4) is 0 Å². The third-order valence-electron chi connectivity index (χ3n) is 6.17. The number of hydrogen-bond acceptors (Lipinski definition) is 7. The summed E-state index contributed by atoms with van der Waals surface area (Å²) in [5, 5.41) is 4.94. The van der Waals surface area contributed by atoms with Gasteiger partial charge in [0.15, 0.2) is 17.0 Å². The molecule has 1 aliphatic carbocycles. The second-order valence-corrected chi connectivity index (χ2v) is 8.42. The Bertz CT molecular complexity index is 1300. The molecular formula is C20H18ClN7O2. The number of piperidine rings is 1. The Labute approximate surface area is 175 Å². The van der Waals surface area contributed by atoms with Gasteiger partial charge < -0.3 is 14.0 Å². The van der Waals surface area contributed by atoms with Crippen LogP contribution in [-0.2, 0) is 13.6 Å². The van der Waals surface area contributed by atoms with Crippen molar-refractivity contribution in [2.75, 3.05) is 18.0 Å². The molecule has 0 spiro atoms. The van der Waals surface area contributed by atoms with Crippen molar-refractivity contribution >= 4 is 28.5 Å². The summed E-state index contributed by atoms with van der Waals surface area (Å²) in [7, 11) is 1.77. The molecule has 1 aromatic carbocycles. The van der Waals surface area contributed by atoms with E-state index in [2.05, 4.69) is 37.1 Å². The average Bonchev–Trinajstić information content (AvgIpc) is 3.16. The first-order valence-electron chi connectivity index (χ1n) is 9.78. The normalized spacial score (nSPS) is 22.6. The third-order valence-corrected chi connectivity index (χ3v) is 6.43. The van der Waals surface area contributed by atoms with E-state index in [1.165, 1.54) is 16.6 Å². The highest BCUT2D eigenvalue weighted by Gasteiger charge is 2.58. The van der Waals surface area contributed by atoms with Crippen molar-refractivity contribution < 1.29 is 4.52 Å². The van der Waals surface area contributed by atoms with Crippen molar-refractivity contribution in [2.45, 2.75) is 12.5 Å². The van der Waals surface area contributed by atoms with E-state index >= 15 is 0 Å². The summed E-state index contributed by atoms with van der Waals surface area (Å²) >= 11 is 5.98. The number of fused-ring (bicyclic) bond motifs is 2. The molecule has 0 amide bonds. The fourth-order valence-electron chi connectivity index (χ4n) is 4.57. The number of benzene rings is 1. The SMILES string of the molecule is Cn1cnc2ncn(Cc3nc([C@@H]4[C@@H]5CN(c6ccc(Cl)cc6)C[C@@H]54)no3)c(=O)c21. The molecule has 1 saturated heterocycles. The number of aromatic nitrogens is 6. The van der Waals surface area contributed by atoms with Gasteiger partial charge >= 0.3 is 0 Å². The summed E-state index contributed by atoms with van der Waals surface area (Å²) in [5.74, 6) is 2.52. The molecule has 2 aliphatic rings. The maximum atomic E-state index is 12.7. The van der Waals surface area contributed by atoms with Gasteiger partial charge in [-0.15, -0.1) is 0 Å². The topological polar surface area (TPSA) is 94.9 Å². The summed E-state index contributed by atoms with van der Waals surface area (Å²) in [6.45, 7) is 2.14. The van der Waals surface area contributed by atoms with Gasteiger partial charge in [0, 0.05) is 36.8 Å². The first-order valence-corrected chi connectivity index (χ1v) is 10.2. The van der Waals surface area contributed by atoms with Crippen LogP contribution in [0.1, 0.15) is 17.6 Å². The molecule has 0 radical (unpaired) electrons. The lowest BCUT2D eigenvalue weighted by Crippen LogP contribution is -2.23. The Morgan fingerprint density at radius 1 is 1.13 bits per heavy atom. The van der Waals surface area contributed by atoms with Gasteiger partial charge in [0.25, 0.3) is 5.56 Å². The molecule has 152 valence electrons. The molecule has 30 heavy (non-hydrogen) atoms. The molecule has 4 aromatic rings. The van der Waals surface area contributed by atoms with Gasteiger partial charge in [-0.1, -0.05) is 16.8 Å². The Balaban J connectivity index is 1.16. The molecule has 3 aromatic heterocycles. The summed E-state index contributed by atoms with van der Waals surface area (Å²) in [6.07, 6.45) is 3.05. The van der Waals surface area contributed by atoms with E-state index < -0.39 is 0 Å². The number of halogens is 1. The quantitative estimate of drug-likeness (QED) is 0.495. The van der Waals surface area contributed by atoms with Crippen molar-refractivity contribution in [1.29, 1.82) is 0 Å². The Kier molecular flexibility index (Phi) is 3.76. The van der Waals surface area contributed by atoms with Gasteiger partial charge in [-0.2, -0.15) is 4.98 Å². The Morgan fingerprint density at radius 3 is 2.63 bits per heavy atom. The number of hydrogen-bond donors (Lipinski definition) is 0. The van der Waals surface area contributed by atoms with Crippen molar-refractivity contribution in [3.05, 3.63) is 64.0 Å². The first kappa shape index (κ1) is 17.6. The fraction of sp³-hybridized carbons (Fsp3) is 0.350. The number of imidazole rings is 1. The lowest BCUT2D eigenvalue weighted by molar-refractivity contribution is 0.363. The summed E-state index contributed by atoms with van der Waals surface area (Å²) in [5.41, 5.74) is 1.90. The molecule has 0 unspecified atom stereocenters. The zero-order chi connectivity index (χ0) is 20.4. The Morgan fingerprint density at radius 2 is 1.87 bits per heavy atom. The van der Waals surface area contributed by atoms with Crippen LogP contribution >= 0.6 is 11.6 Å². The molecule has 3 atom stereocenters. The summed E-state index contributed by atoms with van der Waals surface area (Å²) < 4.78 is 8.57. The van der Waals surface area contributed by atoms with Crippen LogP contribution in [0, 0.1) is 11.8 Å². The zero-order valence-corrected chi connectivity index (χ0v) is 16.9. The molecule has 6 rings (SSSR count). The Hall–Kier alpha value is -3.20. The van der Waals surface area contributed by atoms with Gasteiger partial charge in [-0.05, 0) is 36.1 Å². The summed E-state index contributed by atoms with van der Waals surface area (Å²) in [4.78, 5) is 28.0. The molecule has 1 aliphatic heterocycles. The number of aryl methyl sites for hydroxylation is 1. The van der Waals surface area contributed by atoms with Crippen LogP contribution < -0.4 is 10.5 Å². The number of anilines is 1. The highest BCUT2D eigenvalue weighted by molar-refractivity contribution is 6.30. The largest absolute Gasteiger partial charge is 0.371 e. The van der Waals surface area contributed by atoms with Crippen molar-refractivity contribution in [2.24, 2.45) is 18.9 Å². The van der Waals surface area contributed by atoms with Crippen LogP contribution in [0.25, 0.3) is 11.2 Å². The molecule has 10 heteroatoms. The van der Waals surface area contributed by atoms with E-state index in [9.17, 15) is 4.79 Å². The predicted molar refractivity (Wildman–Crippen MR) is 110 cm³/mol. The van der Waals surface area contributed by atoms with Crippen LogP contribution in [-0.4, -0.2) is 42.3 Å². The average molecular weight is 424 g/mol. The molecule has 2 fully saturated rings. The van der Waals surface area contributed by atoms with Gasteiger partial charge in [-0.25, -0.2) is 9.97 Å². The summed E-state index contributed by atoms with van der Waals surface area (Å²) in [6, 6.07) is 7.95. The van der Waals surface area contributed by atoms with Crippen LogP contribution in [0.5, 0.6) is 0 Å². The van der Waals surface area contributed by atoms with Crippen LogP contribution in [0.4, 0.5) is 5.69 Å². The van der Waals surface area contributed by atoms with E-state index in [0.717, 1.165) is 23.9 Å². The second-order valence-electron chi connectivity index (χ2n) is 7.99. The van der Waals surface area contributed by atoms with Crippen molar-refractivity contribution in [3.8, 4) is 0 Å². The minimum atomic E-state index is -0.179. The third kappa shape index (κ3) is 2.72. The maximum absolute atomic E-state index is 12.7. The van der Waals surface area contributed by atoms with E-state index in [0.29, 0.717) is 34.8 Å². The van der Waals surface area contributed by atoms with Gasteiger partial charge in [0.05, 0.1) is 6.33 Å². The minimum Gasteiger partial charge on any atom is -0.371 e. The minimum absolute atomic E-state index is 0.179. The molecule has 1 saturated carbocycles. The highest BCUT2D eigenvalue weighted by atomic mass is 35.5. The van der Waals surface area contributed by atoms with E-state index in [1.54, 1.807) is 17.9 Å². The fourth-order valence-corrected chi connectivity index (χ4v) is 4.70. The van der Waals surface area contributed by atoms with Gasteiger partial charge in [0.2, 0.25) is 5.89 Å². The van der Waals surface area contributed by atoms with Crippen molar-refractivity contribution in [1.82, 2.24) is 29.2 Å². The van der Waals surface area contributed by atoms with Crippen LogP contribution in [0.15, 0.2) is 46.2 Å². The monoisotopic (exact) mass is 423 g/mol. The molecular weight excluding hydrogens is 406 g/mol. The molecule has 0 bridgehead atoms. The second kappa shape index (κ2) is 6.40. The number of rotatable bonds is 4. The lowest BCUT2D eigenvalue weighted by Gasteiger charge is -2.21. The highest BCUT2D eigenvalue weighted by Crippen LogP contribution is 2.57. The molecule has 4 heterocycles. The zero-order valence-electron chi connectivity index (χ0n) is 16.1. The van der Waals surface area contributed by atoms with E-state index in [4.69, 9.17) is 16.1 Å². The molecule has 9 nitrogen and oxygen atoms in total. The van der Waals surface area contributed by atoms with Crippen LogP contribution in [0.2, 0.25) is 5.02 Å². The number of nitrogens with zero attached hydrogens (tertiary/aromatic N) is 7. The lowest BCUT2D eigenvalue weighted by atomic mass is 10.2. The van der Waals surface area contributed by atoms with E-state index in [1.807, 2.05) is 12.1 Å². The molecule has 0 N–H and O–H groups in total. The first-order chi connectivity index (χ1) is 14.6.